The quantitative estimate of drug-likeness (QED) is 0.770. The van der Waals surface area contributed by atoms with Crippen LogP contribution in [0.4, 0.5) is 0 Å². The summed E-state index contributed by atoms with van der Waals surface area (Å²) in [6.45, 7) is 6.57. The van der Waals surface area contributed by atoms with E-state index in [0.717, 1.165) is 45.6 Å². The summed E-state index contributed by atoms with van der Waals surface area (Å²) in [5.41, 5.74) is 0. The summed E-state index contributed by atoms with van der Waals surface area (Å²) in [4.78, 5) is 30.0. The van der Waals surface area contributed by atoms with Gasteiger partial charge in [0.25, 0.3) is 0 Å². The second kappa shape index (κ2) is 7.22. The molecule has 2 rings (SSSR count). The third kappa shape index (κ3) is 4.17. The second-order valence-electron chi connectivity index (χ2n) is 6.44. The van der Waals surface area contributed by atoms with Gasteiger partial charge in [-0.05, 0) is 25.3 Å². The molecule has 0 spiro atoms. The lowest BCUT2D eigenvalue weighted by Gasteiger charge is -2.38. The number of hydrogen-bond donors (Lipinski definition) is 1. The molecule has 2 atom stereocenters. The van der Waals surface area contributed by atoms with E-state index in [9.17, 15) is 9.59 Å². The highest BCUT2D eigenvalue weighted by atomic mass is 16.2. The first kappa shape index (κ1) is 16.2. The minimum atomic E-state index is -0.0197. The molecule has 2 unspecified atom stereocenters. The second-order valence-corrected chi connectivity index (χ2v) is 6.44. The Morgan fingerprint density at radius 3 is 2.43 bits per heavy atom. The molecule has 2 aliphatic rings. The maximum Gasteiger partial charge on any atom is 0.240 e. The Balaban J connectivity index is 1.80. The summed E-state index contributed by atoms with van der Waals surface area (Å²) in [7, 11) is 3.55. The Morgan fingerprint density at radius 2 is 1.86 bits per heavy atom. The average Bonchev–Trinajstić information content (AvgIpc) is 2.47. The largest absolute Gasteiger partial charge is 0.348 e. The first-order chi connectivity index (χ1) is 9.99. The van der Waals surface area contributed by atoms with Gasteiger partial charge in [0.1, 0.15) is 0 Å². The van der Waals surface area contributed by atoms with E-state index in [1.54, 1.807) is 19.0 Å². The van der Waals surface area contributed by atoms with Crippen LogP contribution in [0.15, 0.2) is 0 Å². The Bertz CT molecular complexity index is 378. The van der Waals surface area contributed by atoms with Gasteiger partial charge in [0.2, 0.25) is 11.8 Å². The van der Waals surface area contributed by atoms with Gasteiger partial charge in [-0.25, -0.2) is 0 Å². The number of amides is 2. The van der Waals surface area contributed by atoms with Gasteiger partial charge in [-0.3, -0.25) is 14.5 Å². The number of carbonyl (C=O) groups excluding carboxylic acids is 2. The molecule has 0 saturated carbocycles. The Labute approximate surface area is 127 Å². The fraction of sp³-hybridized carbons (Fsp3) is 0.867. The van der Waals surface area contributed by atoms with Crippen molar-refractivity contribution in [2.24, 2.45) is 5.92 Å². The lowest BCUT2D eigenvalue weighted by Crippen LogP contribution is -2.57. The number of nitrogens with zero attached hydrogens (tertiary/aromatic N) is 3. The summed E-state index contributed by atoms with van der Waals surface area (Å²) in [6, 6.07) is -0.0197. The molecular weight excluding hydrogens is 268 g/mol. The van der Waals surface area contributed by atoms with Crippen LogP contribution in [0, 0.1) is 5.92 Å². The zero-order valence-electron chi connectivity index (χ0n) is 13.5. The maximum absolute atomic E-state index is 12.6. The minimum absolute atomic E-state index is 0.0197. The predicted octanol–water partition coefficient (Wildman–Crippen LogP) is -0.393. The highest BCUT2D eigenvalue weighted by molar-refractivity contribution is 5.82. The van der Waals surface area contributed by atoms with Crippen molar-refractivity contribution in [2.45, 2.75) is 25.8 Å². The third-order valence-corrected chi connectivity index (χ3v) is 4.58. The van der Waals surface area contributed by atoms with Crippen molar-refractivity contribution >= 4 is 11.8 Å². The zero-order valence-corrected chi connectivity index (χ0v) is 13.5. The first-order valence-corrected chi connectivity index (χ1v) is 7.93. The van der Waals surface area contributed by atoms with Gasteiger partial charge in [0.15, 0.2) is 0 Å². The van der Waals surface area contributed by atoms with E-state index < -0.39 is 0 Å². The summed E-state index contributed by atoms with van der Waals surface area (Å²) in [5.74, 6) is 0.776. The van der Waals surface area contributed by atoms with E-state index in [1.807, 2.05) is 4.90 Å². The fourth-order valence-corrected chi connectivity index (χ4v) is 3.04. The molecular formula is C15H28N4O2. The van der Waals surface area contributed by atoms with E-state index in [1.165, 1.54) is 0 Å². The number of hydrogen-bond acceptors (Lipinski definition) is 4. The molecule has 0 aromatic rings. The van der Waals surface area contributed by atoms with Gasteiger partial charge in [-0.2, -0.15) is 0 Å². The van der Waals surface area contributed by atoms with Gasteiger partial charge >= 0.3 is 0 Å². The SMILES string of the molecule is CC1CCCNC1C(=O)N1CCN(CC(=O)N(C)C)CC1. The molecule has 2 amide bonds. The molecule has 2 fully saturated rings. The van der Waals surface area contributed by atoms with Crippen LogP contribution in [0.25, 0.3) is 0 Å². The molecule has 0 aliphatic carbocycles. The van der Waals surface area contributed by atoms with Gasteiger partial charge in [-0.15, -0.1) is 0 Å². The Morgan fingerprint density at radius 1 is 1.19 bits per heavy atom. The van der Waals surface area contributed by atoms with Gasteiger partial charge in [0, 0.05) is 40.3 Å². The normalized spacial score (nSPS) is 27.5. The predicted molar refractivity (Wildman–Crippen MR) is 81.9 cm³/mol. The van der Waals surface area contributed by atoms with E-state index in [-0.39, 0.29) is 17.9 Å². The number of likely N-dealkylation sites (N-methyl/N-ethyl adjacent to an activating group) is 1. The molecule has 2 heterocycles. The summed E-state index contributed by atoms with van der Waals surface area (Å²) >= 11 is 0. The Kier molecular flexibility index (Phi) is 5.58. The topological polar surface area (TPSA) is 55.9 Å². The summed E-state index contributed by atoms with van der Waals surface area (Å²) in [6.07, 6.45) is 2.28. The van der Waals surface area contributed by atoms with Crippen LogP contribution in [0.5, 0.6) is 0 Å². The molecule has 2 aliphatic heterocycles. The van der Waals surface area contributed by atoms with Crippen LogP contribution >= 0.6 is 0 Å². The molecule has 6 nitrogen and oxygen atoms in total. The molecule has 0 bridgehead atoms. The molecule has 1 N–H and O–H groups in total. The van der Waals surface area contributed by atoms with Crippen molar-refractivity contribution < 1.29 is 9.59 Å². The minimum Gasteiger partial charge on any atom is -0.348 e. The van der Waals surface area contributed by atoms with Crippen molar-refractivity contribution in [2.75, 3.05) is 53.4 Å². The van der Waals surface area contributed by atoms with Crippen molar-refractivity contribution in [1.29, 1.82) is 0 Å². The van der Waals surface area contributed by atoms with Crippen LogP contribution < -0.4 is 5.32 Å². The monoisotopic (exact) mass is 296 g/mol. The summed E-state index contributed by atoms with van der Waals surface area (Å²) < 4.78 is 0. The number of rotatable bonds is 3. The van der Waals surface area contributed by atoms with E-state index in [2.05, 4.69) is 17.1 Å². The van der Waals surface area contributed by atoms with E-state index in [0.29, 0.717) is 12.5 Å². The zero-order chi connectivity index (χ0) is 15.4. The van der Waals surface area contributed by atoms with Crippen molar-refractivity contribution in [3.63, 3.8) is 0 Å². The molecule has 6 heteroatoms. The summed E-state index contributed by atoms with van der Waals surface area (Å²) in [5, 5.41) is 3.36. The lowest BCUT2D eigenvalue weighted by molar-refractivity contribution is -0.137. The van der Waals surface area contributed by atoms with E-state index in [4.69, 9.17) is 0 Å². The fourth-order valence-electron chi connectivity index (χ4n) is 3.04. The standard InChI is InChI=1S/C15H28N4O2/c1-12-5-4-6-16-14(12)15(21)19-9-7-18(8-10-19)11-13(20)17(2)3/h12,14,16H,4-11H2,1-3H3. The molecule has 0 radical (unpaired) electrons. The lowest BCUT2D eigenvalue weighted by atomic mass is 9.91. The highest BCUT2D eigenvalue weighted by Crippen LogP contribution is 2.18. The van der Waals surface area contributed by atoms with Crippen LogP contribution in [-0.4, -0.2) is 85.9 Å². The first-order valence-electron chi connectivity index (χ1n) is 7.93. The van der Waals surface area contributed by atoms with Crippen molar-refractivity contribution in [3.8, 4) is 0 Å². The van der Waals surface area contributed by atoms with Gasteiger partial charge in [-0.1, -0.05) is 6.92 Å². The Hall–Kier alpha value is -1.14. The number of piperazine rings is 1. The number of nitrogens with one attached hydrogen (secondary N) is 1. The van der Waals surface area contributed by atoms with Crippen LogP contribution in [0.1, 0.15) is 19.8 Å². The maximum atomic E-state index is 12.6. The van der Waals surface area contributed by atoms with Crippen LogP contribution in [-0.2, 0) is 9.59 Å². The smallest absolute Gasteiger partial charge is 0.240 e. The molecule has 0 aromatic carbocycles. The van der Waals surface area contributed by atoms with Crippen molar-refractivity contribution in [3.05, 3.63) is 0 Å². The molecule has 0 aromatic heterocycles. The molecule has 21 heavy (non-hydrogen) atoms. The average molecular weight is 296 g/mol. The van der Waals surface area contributed by atoms with Crippen LogP contribution in [0.2, 0.25) is 0 Å². The number of piperidine rings is 1. The van der Waals surface area contributed by atoms with Gasteiger partial charge in [0.05, 0.1) is 12.6 Å². The third-order valence-electron chi connectivity index (χ3n) is 4.58. The number of carbonyl (C=O) groups is 2. The van der Waals surface area contributed by atoms with Crippen LogP contribution in [0.3, 0.4) is 0 Å². The molecule has 2 saturated heterocycles. The highest BCUT2D eigenvalue weighted by Gasteiger charge is 2.32. The van der Waals surface area contributed by atoms with Crippen molar-refractivity contribution in [1.82, 2.24) is 20.0 Å². The molecule has 120 valence electrons. The van der Waals surface area contributed by atoms with Gasteiger partial charge < -0.3 is 15.1 Å². The van der Waals surface area contributed by atoms with E-state index >= 15 is 0 Å².